The van der Waals surface area contributed by atoms with E-state index >= 15 is 0 Å². The number of amides is 2. The van der Waals surface area contributed by atoms with Gasteiger partial charge in [0, 0.05) is 43.1 Å². The Bertz CT molecular complexity index is 743. The summed E-state index contributed by atoms with van der Waals surface area (Å²) in [6.07, 6.45) is 5.13. The summed E-state index contributed by atoms with van der Waals surface area (Å²) in [5.74, 6) is 1.95. The van der Waals surface area contributed by atoms with Crippen LogP contribution in [0.1, 0.15) is 57.4 Å². The topological polar surface area (TPSA) is 67.9 Å². The van der Waals surface area contributed by atoms with Crippen LogP contribution in [-0.2, 0) is 9.59 Å². The van der Waals surface area contributed by atoms with Gasteiger partial charge in [0.05, 0.1) is 20.1 Å². The Balaban J connectivity index is 1.82. The van der Waals surface area contributed by atoms with Crippen LogP contribution >= 0.6 is 0 Å². The molecule has 0 bridgehead atoms. The van der Waals surface area contributed by atoms with Gasteiger partial charge in [0.2, 0.25) is 11.8 Å². The average molecular weight is 417 g/mol. The SMILES string of the molecule is COc1ccc([C@@H]2CN(C(=O)C3CCCC3)C[C@@H]2C(=O)NCCC(C)C)c(OC)c1. The van der Waals surface area contributed by atoms with Crippen LogP contribution in [0, 0.1) is 17.8 Å². The number of nitrogens with zero attached hydrogens (tertiary/aromatic N) is 1. The predicted octanol–water partition coefficient (Wildman–Crippen LogP) is 3.60. The normalized spacial score (nSPS) is 21.8. The number of hydrogen-bond donors (Lipinski definition) is 1. The fraction of sp³-hybridized carbons (Fsp3) is 0.667. The molecule has 2 fully saturated rings. The van der Waals surface area contributed by atoms with E-state index in [4.69, 9.17) is 9.47 Å². The first-order chi connectivity index (χ1) is 14.4. The molecule has 6 heteroatoms. The Morgan fingerprint density at radius 3 is 2.50 bits per heavy atom. The van der Waals surface area contributed by atoms with Crippen molar-refractivity contribution in [2.45, 2.75) is 51.9 Å². The lowest BCUT2D eigenvalue weighted by Gasteiger charge is -2.21. The molecule has 1 aromatic carbocycles. The maximum absolute atomic E-state index is 13.1. The average Bonchev–Trinajstić information content (AvgIpc) is 3.42. The Morgan fingerprint density at radius 1 is 1.13 bits per heavy atom. The summed E-state index contributed by atoms with van der Waals surface area (Å²) >= 11 is 0. The quantitative estimate of drug-likeness (QED) is 0.703. The van der Waals surface area contributed by atoms with E-state index in [-0.39, 0.29) is 29.6 Å². The van der Waals surface area contributed by atoms with E-state index in [0.29, 0.717) is 37.1 Å². The number of carbonyl (C=O) groups excluding carboxylic acids is 2. The molecule has 0 unspecified atom stereocenters. The number of carbonyl (C=O) groups is 2. The number of rotatable bonds is 8. The van der Waals surface area contributed by atoms with Gasteiger partial charge < -0.3 is 19.7 Å². The fourth-order valence-corrected chi connectivity index (χ4v) is 4.74. The summed E-state index contributed by atoms with van der Waals surface area (Å²) in [7, 11) is 3.25. The van der Waals surface area contributed by atoms with Crippen molar-refractivity contribution in [3.63, 3.8) is 0 Å². The van der Waals surface area contributed by atoms with Crippen molar-refractivity contribution in [2.75, 3.05) is 33.9 Å². The molecule has 1 aliphatic carbocycles. The fourth-order valence-electron chi connectivity index (χ4n) is 4.74. The minimum atomic E-state index is -0.273. The summed E-state index contributed by atoms with van der Waals surface area (Å²) < 4.78 is 10.9. The van der Waals surface area contributed by atoms with Crippen LogP contribution in [0.3, 0.4) is 0 Å². The molecule has 0 spiro atoms. The lowest BCUT2D eigenvalue weighted by molar-refractivity contribution is -0.134. The third-order valence-electron chi connectivity index (χ3n) is 6.53. The van der Waals surface area contributed by atoms with E-state index in [0.717, 1.165) is 37.7 Å². The van der Waals surface area contributed by atoms with Crippen LogP contribution in [0.15, 0.2) is 18.2 Å². The van der Waals surface area contributed by atoms with Gasteiger partial charge in [0.25, 0.3) is 0 Å². The number of ether oxygens (including phenoxy) is 2. The molecule has 3 rings (SSSR count). The standard InChI is InChI=1S/C24H36N2O4/c1-16(2)11-12-25-23(27)21-15-26(24(28)17-7-5-6-8-17)14-20(21)19-10-9-18(29-3)13-22(19)30-4/h9-10,13,16-17,20-21H,5-8,11-12,14-15H2,1-4H3,(H,25,27)/t20-,21-/m0/s1. The van der Waals surface area contributed by atoms with Gasteiger partial charge in [-0.25, -0.2) is 0 Å². The molecule has 166 valence electrons. The van der Waals surface area contributed by atoms with Crippen molar-refractivity contribution in [1.29, 1.82) is 0 Å². The number of hydrogen-bond acceptors (Lipinski definition) is 4. The molecule has 1 saturated carbocycles. The van der Waals surface area contributed by atoms with Crippen molar-refractivity contribution in [3.8, 4) is 11.5 Å². The summed E-state index contributed by atoms with van der Waals surface area (Å²) in [5, 5.41) is 3.10. The van der Waals surface area contributed by atoms with Crippen molar-refractivity contribution in [2.24, 2.45) is 17.8 Å². The van der Waals surface area contributed by atoms with Gasteiger partial charge in [0.15, 0.2) is 0 Å². The summed E-state index contributed by atoms with van der Waals surface area (Å²) in [6.45, 7) is 5.99. The van der Waals surface area contributed by atoms with E-state index in [2.05, 4.69) is 19.2 Å². The third kappa shape index (κ3) is 5.08. The smallest absolute Gasteiger partial charge is 0.225 e. The van der Waals surface area contributed by atoms with E-state index in [1.807, 2.05) is 23.1 Å². The molecular weight excluding hydrogens is 380 g/mol. The van der Waals surface area contributed by atoms with Crippen molar-refractivity contribution < 1.29 is 19.1 Å². The molecule has 1 heterocycles. The van der Waals surface area contributed by atoms with Crippen LogP contribution in [0.4, 0.5) is 0 Å². The first kappa shape index (κ1) is 22.4. The lowest BCUT2D eigenvalue weighted by atomic mass is 9.87. The minimum Gasteiger partial charge on any atom is -0.497 e. The first-order valence-electron chi connectivity index (χ1n) is 11.2. The molecule has 2 atom stereocenters. The maximum Gasteiger partial charge on any atom is 0.225 e. The van der Waals surface area contributed by atoms with Crippen LogP contribution in [-0.4, -0.2) is 50.6 Å². The van der Waals surface area contributed by atoms with Crippen LogP contribution in [0.25, 0.3) is 0 Å². The first-order valence-corrected chi connectivity index (χ1v) is 11.2. The second-order valence-corrected chi connectivity index (χ2v) is 9.02. The highest BCUT2D eigenvalue weighted by atomic mass is 16.5. The number of likely N-dealkylation sites (tertiary alicyclic amines) is 1. The van der Waals surface area contributed by atoms with Gasteiger partial charge in [-0.05, 0) is 31.2 Å². The summed E-state index contributed by atoms with van der Waals surface area (Å²) in [4.78, 5) is 28.1. The predicted molar refractivity (Wildman–Crippen MR) is 117 cm³/mol. The summed E-state index contributed by atoms with van der Waals surface area (Å²) in [5.41, 5.74) is 0.962. The molecular formula is C24H36N2O4. The Hall–Kier alpha value is -2.24. The second-order valence-electron chi connectivity index (χ2n) is 9.02. The molecule has 1 aliphatic heterocycles. The number of benzene rings is 1. The van der Waals surface area contributed by atoms with Gasteiger partial charge in [-0.1, -0.05) is 32.8 Å². The number of nitrogens with one attached hydrogen (secondary N) is 1. The van der Waals surface area contributed by atoms with E-state index in [9.17, 15) is 9.59 Å². The van der Waals surface area contributed by atoms with Gasteiger partial charge in [-0.3, -0.25) is 9.59 Å². The van der Waals surface area contributed by atoms with Gasteiger partial charge in [0.1, 0.15) is 11.5 Å². The molecule has 1 saturated heterocycles. The van der Waals surface area contributed by atoms with E-state index < -0.39 is 0 Å². The van der Waals surface area contributed by atoms with Crippen molar-refractivity contribution in [1.82, 2.24) is 10.2 Å². The number of methoxy groups -OCH3 is 2. The highest BCUT2D eigenvalue weighted by Gasteiger charge is 2.43. The summed E-state index contributed by atoms with van der Waals surface area (Å²) in [6, 6.07) is 5.72. The second kappa shape index (κ2) is 10.2. The largest absolute Gasteiger partial charge is 0.497 e. The Kier molecular flexibility index (Phi) is 7.62. The molecule has 2 aliphatic rings. The molecule has 30 heavy (non-hydrogen) atoms. The van der Waals surface area contributed by atoms with Crippen LogP contribution in [0.2, 0.25) is 0 Å². The van der Waals surface area contributed by atoms with Crippen molar-refractivity contribution in [3.05, 3.63) is 23.8 Å². The highest BCUT2D eigenvalue weighted by Crippen LogP contribution is 2.40. The third-order valence-corrected chi connectivity index (χ3v) is 6.53. The molecule has 1 aromatic rings. The maximum atomic E-state index is 13.1. The molecule has 0 aromatic heterocycles. The molecule has 0 radical (unpaired) electrons. The minimum absolute atomic E-state index is 0.0280. The van der Waals surface area contributed by atoms with E-state index in [1.165, 1.54) is 0 Å². The highest BCUT2D eigenvalue weighted by molar-refractivity contribution is 5.84. The van der Waals surface area contributed by atoms with Crippen molar-refractivity contribution >= 4 is 11.8 Å². The van der Waals surface area contributed by atoms with Crippen LogP contribution < -0.4 is 14.8 Å². The Morgan fingerprint density at radius 2 is 1.87 bits per heavy atom. The van der Waals surface area contributed by atoms with E-state index in [1.54, 1.807) is 14.2 Å². The molecule has 2 amide bonds. The molecule has 1 N–H and O–H groups in total. The van der Waals surface area contributed by atoms with Gasteiger partial charge >= 0.3 is 0 Å². The van der Waals surface area contributed by atoms with Gasteiger partial charge in [-0.15, -0.1) is 0 Å². The zero-order valence-corrected chi connectivity index (χ0v) is 18.8. The zero-order chi connectivity index (χ0) is 21.7. The van der Waals surface area contributed by atoms with Crippen LogP contribution in [0.5, 0.6) is 11.5 Å². The zero-order valence-electron chi connectivity index (χ0n) is 18.8. The molecule has 6 nitrogen and oxygen atoms in total. The van der Waals surface area contributed by atoms with Gasteiger partial charge in [-0.2, -0.15) is 0 Å². The monoisotopic (exact) mass is 416 g/mol. The lowest BCUT2D eigenvalue weighted by Crippen LogP contribution is -2.37. The Labute approximate surface area is 180 Å².